The number of rotatable bonds is 49. The number of amides is 1. The fourth-order valence-electron chi connectivity index (χ4n) is 8.29. The Hall–Kier alpha value is -2.44. The summed E-state index contributed by atoms with van der Waals surface area (Å²) < 4.78 is 5.94. The quantitative estimate of drug-likeness (QED) is 0.0321. The molecule has 3 N–H and O–H groups in total. The molecular formula is C58H105NO5. The van der Waals surface area contributed by atoms with E-state index >= 15 is 0 Å². The van der Waals surface area contributed by atoms with Crippen LogP contribution in [-0.4, -0.2) is 46.9 Å². The largest absolute Gasteiger partial charge is 0.462 e. The van der Waals surface area contributed by atoms with Crippen molar-refractivity contribution < 1.29 is 24.5 Å². The van der Waals surface area contributed by atoms with Gasteiger partial charge in [0, 0.05) is 6.42 Å². The van der Waals surface area contributed by atoms with Crippen LogP contribution < -0.4 is 5.32 Å². The van der Waals surface area contributed by atoms with E-state index in [9.17, 15) is 19.8 Å². The number of aliphatic hydroxyl groups excluding tert-OH is 2. The molecule has 0 saturated heterocycles. The first-order valence-corrected chi connectivity index (χ1v) is 27.6. The second kappa shape index (κ2) is 51.5. The maximum absolute atomic E-state index is 13.2. The molecule has 3 unspecified atom stereocenters. The van der Waals surface area contributed by atoms with Gasteiger partial charge in [-0.3, -0.25) is 9.59 Å². The number of esters is 1. The molecule has 0 aliphatic heterocycles. The Morgan fingerprint density at radius 2 is 0.828 bits per heavy atom. The van der Waals surface area contributed by atoms with Crippen LogP contribution in [0.5, 0.6) is 0 Å². The van der Waals surface area contributed by atoms with Gasteiger partial charge in [0.05, 0.1) is 25.2 Å². The lowest BCUT2D eigenvalue weighted by Gasteiger charge is -2.24. The first-order valence-electron chi connectivity index (χ1n) is 27.6. The van der Waals surface area contributed by atoms with E-state index in [1.54, 1.807) is 0 Å². The van der Waals surface area contributed by atoms with Gasteiger partial charge in [0.15, 0.2) is 0 Å². The fraction of sp³-hybridized carbons (Fsp3) is 0.793. The van der Waals surface area contributed by atoms with Gasteiger partial charge in [0.1, 0.15) is 6.10 Å². The van der Waals surface area contributed by atoms with Gasteiger partial charge in [0.25, 0.3) is 0 Å². The monoisotopic (exact) mass is 896 g/mol. The van der Waals surface area contributed by atoms with E-state index in [0.717, 1.165) is 77.0 Å². The number of unbranched alkanes of at least 4 members (excludes halogenated alkanes) is 31. The molecule has 0 radical (unpaired) electrons. The van der Waals surface area contributed by atoms with E-state index < -0.39 is 18.2 Å². The molecule has 0 rings (SSSR count). The highest BCUT2D eigenvalue weighted by atomic mass is 16.5. The Morgan fingerprint density at radius 1 is 0.453 bits per heavy atom. The van der Waals surface area contributed by atoms with Gasteiger partial charge < -0.3 is 20.3 Å². The third-order valence-corrected chi connectivity index (χ3v) is 12.5. The number of hydrogen-bond donors (Lipinski definition) is 3. The number of ether oxygens (including phenoxy) is 1. The summed E-state index contributed by atoms with van der Waals surface area (Å²) in [5.41, 5.74) is 0. The highest BCUT2D eigenvalue weighted by Crippen LogP contribution is 2.18. The Bertz CT molecular complexity index is 1140. The van der Waals surface area contributed by atoms with Crippen molar-refractivity contribution in [1.82, 2.24) is 5.32 Å². The number of nitrogens with one attached hydrogen (secondary N) is 1. The second-order valence-electron chi connectivity index (χ2n) is 18.8. The lowest BCUT2D eigenvalue weighted by molar-refractivity contribution is -0.151. The van der Waals surface area contributed by atoms with Crippen molar-refractivity contribution in [1.29, 1.82) is 0 Å². The molecule has 3 atom stereocenters. The summed E-state index contributed by atoms with van der Waals surface area (Å²) in [6.07, 6.45) is 64.1. The van der Waals surface area contributed by atoms with Crippen molar-refractivity contribution in [2.75, 3.05) is 6.61 Å². The van der Waals surface area contributed by atoms with E-state index in [0.29, 0.717) is 19.3 Å². The summed E-state index contributed by atoms with van der Waals surface area (Å²) in [6.45, 7) is 6.41. The van der Waals surface area contributed by atoms with E-state index in [4.69, 9.17) is 4.74 Å². The van der Waals surface area contributed by atoms with Gasteiger partial charge in [0.2, 0.25) is 5.91 Å². The smallest absolute Gasteiger partial charge is 0.306 e. The highest BCUT2D eigenvalue weighted by Gasteiger charge is 2.24. The van der Waals surface area contributed by atoms with Gasteiger partial charge in [-0.15, -0.1) is 0 Å². The second-order valence-corrected chi connectivity index (χ2v) is 18.8. The highest BCUT2D eigenvalue weighted by molar-refractivity contribution is 5.77. The standard InChI is InChI=1S/C58H105NO5/c1-4-7-10-13-16-19-22-25-27-28-29-31-33-36-39-42-45-48-51-58(63)64-54(49-46-43-40-37-34-24-21-18-15-12-9-6-3)52-57(62)59-55(53-60)56(61)50-47-44-41-38-35-32-30-26-23-20-17-14-11-8-5-2/h10,13,16,19,22,25,27-29,31,54-56,60-61H,4-9,11-12,14-15,17-18,20-21,23-24,26,30,32-53H2,1-3H3,(H,59,62)/b13-10+,19-16+,25-22+,28-27+,31-29+. The average molecular weight is 896 g/mol. The molecule has 1 amide bonds. The van der Waals surface area contributed by atoms with E-state index in [2.05, 4.69) is 62.5 Å². The van der Waals surface area contributed by atoms with Crippen molar-refractivity contribution in [2.45, 2.75) is 289 Å². The summed E-state index contributed by atoms with van der Waals surface area (Å²) in [6, 6.07) is -0.707. The fourth-order valence-corrected chi connectivity index (χ4v) is 8.29. The minimum absolute atomic E-state index is 0.0682. The zero-order valence-electron chi connectivity index (χ0n) is 42.4. The third-order valence-electron chi connectivity index (χ3n) is 12.5. The summed E-state index contributed by atoms with van der Waals surface area (Å²) in [4.78, 5) is 26.2. The van der Waals surface area contributed by atoms with Crippen LogP contribution in [0.15, 0.2) is 60.8 Å². The minimum atomic E-state index is -0.792. The summed E-state index contributed by atoms with van der Waals surface area (Å²) >= 11 is 0. The Balaban J connectivity index is 4.56. The van der Waals surface area contributed by atoms with Gasteiger partial charge in [-0.2, -0.15) is 0 Å². The lowest BCUT2D eigenvalue weighted by Crippen LogP contribution is -2.46. The predicted molar refractivity (Wildman–Crippen MR) is 278 cm³/mol. The molecule has 6 nitrogen and oxygen atoms in total. The maximum atomic E-state index is 13.2. The molecule has 0 aromatic rings. The molecular weight excluding hydrogens is 791 g/mol. The third kappa shape index (κ3) is 46.1. The number of carbonyl (C=O) groups is 2. The summed E-state index contributed by atoms with van der Waals surface area (Å²) in [7, 11) is 0. The number of allylic oxidation sites excluding steroid dienone is 10. The maximum Gasteiger partial charge on any atom is 0.306 e. The van der Waals surface area contributed by atoms with E-state index in [1.165, 1.54) is 148 Å². The predicted octanol–water partition coefficient (Wildman–Crippen LogP) is 16.8. The van der Waals surface area contributed by atoms with Crippen molar-refractivity contribution in [3.8, 4) is 0 Å². The zero-order valence-corrected chi connectivity index (χ0v) is 42.4. The van der Waals surface area contributed by atoms with Crippen molar-refractivity contribution in [3.05, 3.63) is 60.8 Å². The van der Waals surface area contributed by atoms with Crippen LogP contribution >= 0.6 is 0 Å². The summed E-state index contributed by atoms with van der Waals surface area (Å²) in [5.74, 6) is -0.494. The van der Waals surface area contributed by atoms with Crippen LogP contribution in [0.1, 0.15) is 271 Å². The van der Waals surface area contributed by atoms with Gasteiger partial charge in [-0.25, -0.2) is 0 Å². The van der Waals surface area contributed by atoms with Crippen molar-refractivity contribution in [3.63, 3.8) is 0 Å². The first-order chi connectivity index (χ1) is 31.5. The lowest BCUT2D eigenvalue weighted by atomic mass is 10.0. The molecule has 0 saturated carbocycles. The Kier molecular flexibility index (Phi) is 49.6. The molecule has 0 bridgehead atoms. The SMILES string of the molecule is CCC/C=C/C=C/C=C/C=C/C=C/CCCCCCCC(=O)OC(CCCCCCCCCCCCCC)CC(=O)NC(CO)C(O)CCCCCCCCCCCCCCCCC. The van der Waals surface area contributed by atoms with E-state index in [1.807, 2.05) is 24.3 Å². The van der Waals surface area contributed by atoms with Crippen LogP contribution in [0.4, 0.5) is 0 Å². The molecule has 0 aromatic carbocycles. The van der Waals surface area contributed by atoms with Crippen molar-refractivity contribution >= 4 is 11.9 Å². The van der Waals surface area contributed by atoms with Gasteiger partial charge in [-0.1, -0.05) is 274 Å². The van der Waals surface area contributed by atoms with Crippen LogP contribution in [-0.2, 0) is 14.3 Å². The minimum Gasteiger partial charge on any atom is -0.462 e. The molecule has 0 aromatic heterocycles. The van der Waals surface area contributed by atoms with Crippen LogP contribution in [0.3, 0.4) is 0 Å². The molecule has 64 heavy (non-hydrogen) atoms. The van der Waals surface area contributed by atoms with Crippen LogP contribution in [0, 0.1) is 0 Å². The van der Waals surface area contributed by atoms with Gasteiger partial charge >= 0.3 is 5.97 Å². The topological polar surface area (TPSA) is 95.9 Å². The number of carbonyl (C=O) groups excluding carboxylic acids is 2. The normalized spacial score (nSPS) is 13.6. The van der Waals surface area contributed by atoms with Crippen molar-refractivity contribution in [2.24, 2.45) is 0 Å². The molecule has 0 aliphatic rings. The Morgan fingerprint density at radius 3 is 1.27 bits per heavy atom. The molecule has 0 aliphatic carbocycles. The van der Waals surface area contributed by atoms with Gasteiger partial charge in [-0.05, 0) is 44.9 Å². The van der Waals surface area contributed by atoms with E-state index in [-0.39, 0.29) is 24.9 Å². The number of hydrogen-bond acceptors (Lipinski definition) is 5. The average Bonchev–Trinajstić information content (AvgIpc) is 3.29. The molecule has 6 heteroatoms. The van der Waals surface area contributed by atoms with Crippen LogP contribution in [0.25, 0.3) is 0 Å². The summed E-state index contributed by atoms with van der Waals surface area (Å²) in [5, 5.41) is 23.8. The zero-order chi connectivity index (χ0) is 46.7. The number of aliphatic hydroxyl groups is 2. The molecule has 0 spiro atoms. The van der Waals surface area contributed by atoms with Crippen LogP contribution in [0.2, 0.25) is 0 Å². The first kappa shape index (κ1) is 61.6. The molecule has 372 valence electrons. The Labute approximate surface area is 397 Å². The molecule has 0 heterocycles. The molecule has 0 fully saturated rings.